The van der Waals surface area contributed by atoms with Crippen molar-refractivity contribution in [1.82, 2.24) is 9.29 Å². The van der Waals surface area contributed by atoms with Gasteiger partial charge in [-0.15, -0.1) is 0 Å². The van der Waals surface area contributed by atoms with Crippen LogP contribution in [0.25, 0.3) is 0 Å². The number of ketones is 1. The van der Waals surface area contributed by atoms with E-state index in [0.29, 0.717) is 19.5 Å². The van der Waals surface area contributed by atoms with Crippen molar-refractivity contribution in [1.29, 1.82) is 0 Å². The molecule has 1 heterocycles. The molecule has 0 amide bonds. The Morgan fingerprint density at radius 1 is 1.38 bits per heavy atom. The summed E-state index contributed by atoms with van der Waals surface area (Å²) in [5, 5.41) is -0.690. The molecule has 0 aliphatic heterocycles. The second-order valence-electron chi connectivity index (χ2n) is 4.19. The molecule has 7 nitrogen and oxygen atoms in total. The normalized spacial score (nSPS) is 11.8. The van der Waals surface area contributed by atoms with Crippen LogP contribution in [0.5, 0.6) is 0 Å². The fraction of sp³-hybridized carbons (Fsp3) is 0.583. The molecule has 0 aliphatic carbocycles. The highest BCUT2D eigenvalue weighted by Gasteiger charge is 2.28. The van der Waals surface area contributed by atoms with Crippen LogP contribution in [-0.2, 0) is 14.8 Å². The third-order valence-corrected chi connectivity index (χ3v) is 5.12. The highest BCUT2D eigenvalue weighted by atomic mass is 32.2. The predicted octanol–water partition coefficient (Wildman–Crippen LogP) is 1.56. The Morgan fingerprint density at radius 3 is 2.57 bits per heavy atom. The van der Waals surface area contributed by atoms with Crippen molar-refractivity contribution in [2.45, 2.75) is 32.4 Å². The Kier molecular flexibility index (Phi) is 6.56. The maximum Gasteiger partial charge on any atom is 0.331 e. The minimum absolute atomic E-state index is 0.101. The fourth-order valence-electron chi connectivity index (χ4n) is 1.55. The smallest absolute Gasteiger partial charge is 0.331 e. The van der Waals surface area contributed by atoms with E-state index < -0.39 is 21.0 Å². The molecular weight excluding hydrogens is 316 g/mol. The minimum atomic E-state index is -3.83. The van der Waals surface area contributed by atoms with Gasteiger partial charge in [0.1, 0.15) is 0 Å². The zero-order valence-electron chi connectivity index (χ0n) is 12.2. The highest BCUT2D eigenvalue weighted by molar-refractivity contribution is 8.14. The molecule has 0 atom stereocenters. The van der Waals surface area contributed by atoms with Crippen LogP contribution >= 0.6 is 11.8 Å². The molecule has 21 heavy (non-hydrogen) atoms. The maximum atomic E-state index is 12.3. The topological polar surface area (TPSA) is 97.5 Å². The third kappa shape index (κ3) is 4.65. The average Bonchev–Trinajstić information content (AvgIpc) is 2.92. The van der Waals surface area contributed by atoms with Crippen molar-refractivity contribution < 1.29 is 22.4 Å². The molecule has 0 saturated carbocycles. The van der Waals surface area contributed by atoms with Gasteiger partial charge in [-0.2, -0.15) is 4.31 Å². The van der Waals surface area contributed by atoms with Crippen molar-refractivity contribution in [2.24, 2.45) is 0 Å². The average molecular weight is 334 g/mol. The van der Waals surface area contributed by atoms with E-state index in [2.05, 4.69) is 4.98 Å². The first kappa shape index (κ1) is 17.9. The summed E-state index contributed by atoms with van der Waals surface area (Å²) in [7, 11) is -3.83. The van der Waals surface area contributed by atoms with E-state index >= 15 is 0 Å². The lowest BCUT2D eigenvalue weighted by Crippen LogP contribution is -2.31. The lowest BCUT2D eigenvalue weighted by Gasteiger charge is -2.16. The number of oxazole rings is 1. The lowest BCUT2D eigenvalue weighted by atomic mass is 10.4. The SMILES string of the molecule is CCCN(CC)S(=O)(=O)c1ncc(C(=O)CSC(C)=O)o1. The monoisotopic (exact) mass is 334 g/mol. The van der Waals surface area contributed by atoms with E-state index in [1.54, 1.807) is 6.92 Å². The molecule has 0 aromatic carbocycles. The Labute approximate surface area is 128 Å². The van der Waals surface area contributed by atoms with Crippen molar-refractivity contribution in [3.05, 3.63) is 12.0 Å². The van der Waals surface area contributed by atoms with Gasteiger partial charge >= 0.3 is 5.22 Å². The number of hydrogen-bond donors (Lipinski definition) is 0. The second-order valence-corrected chi connectivity index (χ2v) is 7.16. The standard InChI is InChI=1S/C12H18N2O5S2/c1-4-6-14(5-2)21(17,18)12-13-7-11(19-12)10(16)8-20-9(3)15/h7H,4-6,8H2,1-3H3. The first-order valence-corrected chi connectivity index (χ1v) is 8.88. The number of Topliss-reactive ketones (excluding diaryl/α,β-unsaturated/α-hetero) is 1. The second kappa shape index (κ2) is 7.71. The van der Waals surface area contributed by atoms with Crippen molar-refractivity contribution in [2.75, 3.05) is 18.8 Å². The minimum Gasteiger partial charge on any atom is -0.424 e. The molecule has 0 spiro atoms. The summed E-state index contributed by atoms with van der Waals surface area (Å²) in [4.78, 5) is 26.2. The van der Waals surface area contributed by atoms with Crippen LogP contribution in [0.4, 0.5) is 0 Å². The van der Waals surface area contributed by atoms with Gasteiger partial charge in [-0.25, -0.2) is 13.4 Å². The predicted molar refractivity (Wildman–Crippen MR) is 78.7 cm³/mol. The summed E-state index contributed by atoms with van der Waals surface area (Å²) >= 11 is 0.834. The Morgan fingerprint density at radius 2 is 2.05 bits per heavy atom. The van der Waals surface area contributed by atoms with Gasteiger partial charge in [0.25, 0.3) is 10.0 Å². The highest BCUT2D eigenvalue weighted by Crippen LogP contribution is 2.17. The molecule has 0 aliphatic rings. The fourth-order valence-corrected chi connectivity index (χ4v) is 3.39. The van der Waals surface area contributed by atoms with E-state index in [4.69, 9.17) is 4.42 Å². The summed E-state index contributed by atoms with van der Waals surface area (Å²) in [5.74, 6) is -0.728. The number of carbonyl (C=O) groups is 2. The maximum absolute atomic E-state index is 12.3. The number of sulfonamides is 1. The molecule has 1 aromatic heterocycles. The summed E-state index contributed by atoms with van der Waals surface area (Å²) < 4.78 is 30.8. The van der Waals surface area contributed by atoms with Crippen molar-refractivity contribution >= 4 is 32.7 Å². The molecule has 0 radical (unpaired) electrons. The molecule has 0 bridgehead atoms. The van der Waals surface area contributed by atoms with Gasteiger partial charge in [0.15, 0.2) is 10.9 Å². The molecule has 0 saturated heterocycles. The summed E-state index contributed by atoms with van der Waals surface area (Å²) in [6.45, 7) is 5.57. The lowest BCUT2D eigenvalue weighted by molar-refractivity contribution is -0.109. The van der Waals surface area contributed by atoms with Crippen molar-refractivity contribution in [3.8, 4) is 0 Å². The van der Waals surface area contributed by atoms with Gasteiger partial charge in [0.05, 0.1) is 11.9 Å². The van der Waals surface area contributed by atoms with Crippen LogP contribution in [-0.4, -0.2) is 47.4 Å². The van der Waals surface area contributed by atoms with Crippen LogP contribution in [0.1, 0.15) is 37.7 Å². The first-order valence-electron chi connectivity index (χ1n) is 6.45. The Bertz CT molecular complexity index is 609. The Balaban J connectivity index is 2.91. The van der Waals surface area contributed by atoms with E-state index in [0.717, 1.165) is 18.0 Å². The van der Waals surface area contributed by atoms with Gasteiger partial charge < -0.3 is 4.42 Å². The van der Waals surface area contributed by atoms with E-state index in [9.17, 15) is 18.0 Å². The number of thioether (sulfide) groups is 1. The first-order chi connectivity index (χ1) is 9.82. The van der Waals surface area contributed by atoms with Crippen LogP contribution in [0.2, 0.25) is 0 Å². The van der Waals surface area contributed by atoms with Gasteiger partial charge in [0.2, 0.25) is 5.78 Å². The summed E-state index contributed by atoms with van der Waals surface area (Å²) in [6, 6.07) is 0. The quantitative estimate of drug-likeness (QED) is 0.665. The number of nitrogens with zero attached hydrogens (tertiary/aromatic N) is 2. The van der Waals surface area contributed by atoms with Crippen molar-refractivity contribution in [3.63, 3.8) is 0 Å². The summed E-state index contributed by atoms with van der Waals surface area (Å²) in [6.07, 6.45) is 1.74. The van der Waals surface area contributed by atoms with Crippen LogP contribution in [0, 0.1) is 0 Å². The van der Waals surface area contributed by atoms with Gasteiger partial charge in [0, 0.05) is 20.0 Å². The van der Waals surface area contributed by atoms with Crippen LogP contribution in [0.3, 0.4) is 0 Å². The van der Waals surface area contributed by atoms with Crippen LogP contribution < -0.4 is 0 Å². The van der Waals surface area contributed by atoms with Gasteiger partial charge in [-0.05, 0) is 6.42 Å². The van der Waals surface area contributed by atoms with Gasteiger partial charge in [-0.3, -0.25) is 9.59 Å². The molecule has 0 fully saturated rings. The van der Waals surface area contributed by atoms with E-state index in [1.807, 2.05) is 6.92 Å². The van der Waals surface area contributed by atoms with E-state index in [1.165, 1.54) is 11.2 Å². The molecular formula is C12H18N2O5S2. The molecule has 1 rings (SSSR count). The molecule has 0 N–H and O–H groups in total. The third-order valence-electron chi connectivity index (χ3n) is 2.55. The number of hydrogen-bond acceptors (Lipinski definition) is 7. The summed E-state index contributed by atoms with van der Waals surface area (Å²) in [5.41, 5.74) is 0. The number of carbonyl (C=O) groups excluding carboxylic acids is 2. The molecule has 9 heteroatoms. The van der Waals surface area contributed by atoms with Crippen LogP contribution in [0.15, 0.2) is 15.8 Å². The van der Waals surface area contributed by atoms with E-state index in [-0.39, 0.29) is 16.6 Å². The zero-order chi connectivity index (χ0) is 16.0. The number of aromatic nitrogens is 1. The zero-order valence-corrected chi connectivity index (χ0v) is 13.8. The van der Waals surface area contributed by atoms with Gasteiger partial charge in [-0.1, -0.05) is 25.6 Å². The molecule has 0 unspecified atom stereocenters. The largest absolute Gasteiger partial charge is 0.424 e. The Hall–Kier alpha value is -1.19. The number of rotatable bonds is 8. The molecule has 118 valence electrons. The molecule has 1 aromatic rings.